The van der Waals surface area contributed by atoms with Crippen molar-refractivity contribution in [3.8, 4) is 0 Å². The van der Waals surface area contributed by atoms with E-state index in [1.54, 1.807) is 12.3 Å². The number of aromatic nitrogens is 1. The number of hydrogen-bond donors (Lipinski definition) is 1. The van der Waals surface area contributed by atoms with Gasteiger partial charge in [0.25, 0.3) is 0 Å². The number of nitrogens with zero attached hydrogens (tertiary/aromatic N) is 1. The fourth-order valence-electron chi connectivity index (χ4n) is 1.10. The Morgan fingerprint density at radius 3 is 2.93 bits per heavy atom. The summed E-state index contributed by atoms with van der Waals surface area (Å²) in [6, 6.07) is 3.53. The van der Waals surface area contributed by atoms with E-state index in [1.807, 2.05) is 13.0 Å². The largest absolute Gasteiger partial charge is 0.448 e. The first-order chi connectivity index (χ1) is 6.75. The molecular formula is C9H9ClN2O2. The van der Waals surface area contributed by atoms with Crippen molar-refractivity contribution in [3.63, 3.8) is 0 Å². The molecule has 0 saturated heterocycles. The van der Waals surface area contributed by atoms with E-state index in [-0.39, 0.29) is 0 Å². The molecule has 0 amide bonds. The van der Waals surface area contributed by atoms with E-state index in [0.29, 0.717) is 11.8 Å². The van der Waals surface area contributed by atoms with Crippen LogP contribution in [0.1, 0.15) is 11.5 Å². The molecule has 2 aromatic rings. The van der Waals surface area contributed by atoms with Gasteiger partial charge in [-0.15, -0.1) is 0 Å². The monoisotopic (exact) mass is 212 g/mol. The van der Waals surface area contributed by atoms with Crippen LogP contribution in [-0.2, 0) is 6.54 Å². The lowest BCUT2D eigenvalue weighted by molar-refractivity contribution is 0.398. The standard InChI is InChI=1S/C9H9ClN2O2/c1-6-8(5-12-14-6)11-4-7-2-3-9(10)13-7/h2-3,5,11H,4H2,1H3. The van der Waals surface area contributed by atoms with Crippen LogP contribution in [0.4, 0.5) is 5.69 Å². The smallest absolute Gasteiger partial charge is 0.193 e. The molecule has 0 aliphatic rings. The average Bonchev–Trinajstić information content (AvgIpc) is 2.72. The van der Waals surface area contributed by atoms with Crippen LogP contribution in [-0.4, -0.2) is 5.16 Å². The molecular weight excluding hydrogens is 204 g/mol. The molecule has 0 spiro atoms. The first-order valence-electron chi connectivity index (χ1n) is 4.15. The zero-order chi connectivity index (χ0) is 9.97. The fraction of sp³-hybridized carbons (Fsp3) is 0.222. The van der Waals surface area contributed by atoms with Gasteiger partial charge in [-0.2, -0.15) is 0 Å². The molecule has 0 aliphatic heterocycles. The van der Waals surface area contributed by atoms with Gasteiger partial charge in [-0.3, -0.25) is 0 Å². The summed E-state index contributed by atoms with van der Waals surface area (Å²) in [6.07, 6.45) is 1.62. The van der Waals surface area contributed by atoms with Crippen LogP contribution in [0.25, 0.3) is 0 Å². The molecule has 0 radical (unpaired) electrons. The summed E-state index contributed by atoms with van der Waals surface area (Å²) in [4.78, 5) is 0. The number of hydrogen-bond acceptors (Lipinski definition) is 4. The predicted molar refractivity (Wildman–Crippen MR) is 52.3 cm³/mol. The van der Waals surface area contributed by atoms with Gasteiger partial charge < -0.3 is 14.3 Å². The second kappa shape index (κ2) is 3.75. The Labute approximate surface area is 85.8 Å². The highest BCUT2D eigenvalue weighted by Crippen LogP contribution is 2.17. The van der Waals surface area contributed by atoms with E-state index in [9.17, 15) is 0 Å². The molecule has 74 valence electrons. The van der Waals surface area contributed by atoms with Crippen molar-refractivity contribution in [2.24, 2.45) is 0 Å². The van der Waals surface area contributed by atoms with E-state index in [0.717, 1.165) is 17.2 Å². The molecule has 2 aromatic heterocycles. The van der Waals surface area contributed by atoms with Crippen LogP contribution in [0.3, 0.4) is 0 Å². The minimum absolute atomic E-state index is 0.392. The quantitative estimate of drug-likeness (QED) is 0.850. The van der Waals surface area contributed by atoms with Crippen molar-refractivity contribution in [2.75, 3.05) is 5.32 Å². The third-order valence-electron chi connectivity index (χ3n) is 1.83. The number of aryl methyl sites for hydroxylation is 1. The number of furan rings is 1. The molecule has 0 saturated carbocycles. The molecule has 2 heterocycles. The van der Waals surface area contributed by atoms with Gasteiger partial charge >= 0.3 is 0 Å². The highest BCUT2D eigenvalue weighted by molar-refractivity contribution is 6.28. The van der Waals surface area contributed by atoms with Crippen molar-refractivity contribution >= 4 is 17.3 Å². The Kier molecular flexibility index (Phi) is 2.45. The summed E-state index contributed by atoms with van der Waals surface area (Å²) < 4.78 is 10.1. The Balaban J connectivity index is 1.98. The van der Waals surface area contributed by atoms with Crippen LogP contribution in [0.2, 0.25) is 5.22 Å². The Hall–Kier alpha value is -1.42. The summed E-state index contributed by atoms with van der Waals surface area (Å²) in [6.45, 7) is 2.40. The Bertz CT molecular complexity index is 422. The normalized spacial score (nSPS) is 10.4. The maximum Gasteiger partial charge on any atom is 0.193 e. The topological polar surface area (TPSA) is 51.2 Å². The molecule has 0 bridgehead atoms. The van der Waals surface area contributed by atoms with Gasteiger partial charge in [0.2, 0.25) is 0 Å². The minimum Gasteiger partial charge on any atom is -0.448 e. The van der Waals surface area contributed by atoms with Crippen LogP contribution in [0.15, 0.2) is 27.3 Å². The van der Waals surface area contributed by atoms with E-state index in [2.05, 4.69) is 10.5 Å². The van der Waals surface area contributed by atoms with Gasteiger partial charge in [0.15, 0.2) is 11.0 Å². The van der Waals surface area contributed by atoms with Gasteiger partial charge in [0, 0.05) is 0 Å². The maximum atomic E-state index is 5.63. The summed E-state index contributed by atoms with van der Waals surface area (Å²) >= 11 is 5.63. The van der Waals surface area contributed by atoms with Gasteiger partial charge in [-0.1, -0.05) is 5.16 Å². The fourth-order valence-corrected chi connectivity index (χ4v) is 1.26. The summed E-state index contributed by atoms with van der Waals surface area (Å²) in [5, 5.41) is 7.15. The number of rotatable bonds is 3. The lowest BCUT2D eigenvalue weighted by Crippen LogP contribution is -1.97. The van der Waals surface area contributed by atoms with Crippen LogP contribution >= 0.6 is 11.6 Å². The lowest BCUT2D eigenvalue weighted by atomic mass is 10.4. The lowest BCUT2D eigenvalue weighted by Gasteiger charge is -1.99. The molecule has 0 fully saturated rings. The molecule has 1 N–H and O–H groups in total. The summed E-state index contributed by atoms with van der Waals surface area (Å²) in [5.74, 6) is 1.53. The van der Waals surface area contributed by atoms with Crippen molar-refractivity contribution in [1.82, 2.24) is 5.16 Å². The van der Waals surface area contributed by atoms with Crippen molar-refractivity contribution in [3.05, 3.63) is 35.1 Å². The van der Waals surface area contributed by atoms with Crippen molar-refractivity contribution in [2.45, 2.75) is 13.5 Å². The summed E-state index contributed by atoms with van der Waals surface area (Å²) in [7, 11) is 0. The predicted octanol–water partition coefficient (Wildman–Crippen LogP) is 2.84. The van der Waals surface area contributed by atoms with Gasteiger partial charge in [0.05, 0.1) is 18.4 Å². The number of nitrogens with one attached hydrogen (secondary N) is 1. The third kappa shape index (κ3) is 1.90. The second-order valence-electron chi connectivity index (χ2n) is 2.86. The highest BCUT2D eigenvalue weighted by Gasteiger charge is 2.03. The molecule has 0 atom stereocenters. The maximum absolute atomic E-state index is 5.63. The van der Waals surface area contributed by atoms with E-state index in [4.69, 9.17) is 20.5 Å². The van der Waals surface area contributed by atoms with Crippen molar-refractivity contribution in [1.29, 1.82) is 0 Å². The van der Waals surface area contributed by atoms with Crippen LogP contribution in [0.5, 0.6) is 0 Å². The summed E-state index contributed by atoms with van der Waals surface area (Å²) in [5.41, 5.74) is 0.859. The zero-order valence-electron chi connectivity index (χ0n) is 7.58. The minimum atomic E-state index is 0.392. The van der Waals surface area contributed by atoms with Crippen LogP contribution < -0.4 is 5.32 Å². The van der Waals surface area contributed by atoms with Gasteiger partial charge in [-0.25, -0.2) is 0 Å². The van der Waals surface area contributed by atoms with Crippen molar-refractivity contribution < 1.29 is 8.94 Å². The SMILES string of the molecule is Cc1oncc1NCc1ccc(Cl)o1. The number of halogens is 1. The Morgan fingerprint density at radius 1 is 1.50 bits per heavy atom. The van der Waals surface area contributed by atoms with E-state index >= 15 is 0 Å². The number of anilines is 1. The zero-order valence-corrected chi connectivity index (χ0v) is 8.34. The molecule has 0 aromatic carbocycles. The van der Waals surface area contributed by atoms with Gasteiger partial charge in [-0.05, 0) is 30.7 Å². The van der Waals surface area contributed by atoms with Gasteiger partial charge in [0.1, 0.15) is 5.76 Å². The Morgan fingerprint density at radius 2 is 2.36 bits per heavy atom. The molecule has 2 rings (SSSR count). The second-order valence-corrected chi connectivity index (χ2v) is 3.23. The average molecular weight is 213 g/mol. The third-order valence-corrected chi connectivity index (χ3v) is 2.04. The molecule has 0 aliphatic carbocycles. The molecule has 0 unspecified atom stereocenters. The first kappa shape index (κ1) is 9.15. The highest BCUT2D eigenvalue weighted by atomic mass is 35.5. The molecule has 5 heteroatoms. The first-order valence-corrected chi connectivity index (χ1v) is 4.53. The molecule has 14 heavy (non-hydrogen) atoms. The van der Waals surface area contributed by atoms with E-state index < -0.39 is 0 Å². The van der Waals surface area contributed by atoms with Crippen LogP contribution in [0, 0.1) is 6.92 Å². The van der Waals surface area contributed by atoms with E-state index in [1.165, 1.54) is 0 Å². The molecule has 4 nitrogen and oxygen atoms in total.